The fourth-order valence-electron chi connectivity index (χ4n) is 3.34. The van der Waals surface area contributed by atoms with Gasteiger partial charge in [-0.05, 0) is 54.5 Å². The number of aryl methyl sites for hydroxylation is 1. The Balaban J connectivity index is 1.77. The molecule has 0 radical (unpaired) electrons. The van der Waals surface area contributed by atoms with Gasteiger partial charge in [-0.1, -0.05) is 18.6 Å². The summed E-state index contributed by atoms with van der Waals surface area (Å²) in [7, 11) is -3.72. The van der Waals surface area contributed by atoms with Crippen molar-refractivity contribution in [1.29, 1.82) is 0 Å². The number of nitrogens with two attached hydrogens (primary N) is 1. The van der Waals surface area contributed by atoms with E-state index in [0.717, 1.165) is 11.3 Å². The van der Waals surface area contributed by atoms with Gasteiger partial charge in [0, 0.05) is 22.1 Å². The molecule has 2 aromatic heterocycles. The van der Waals surface area contributed by atoms with Crippen molar-refractivity contribution in [2.75, 3.05) is 0 Å². The molecule has 24 heavy (non-hydrogen) atoms. The number of allylic oxidation sites excluding steroid dienone is 4. The van der Waals surface area contributed by atoms with Gasteiger partial charge >= 0.3 is 0 Å². The minimum Gasteiger partial charge on any atom is -0.255 e. The summed E-state index contributed by atoms with van der Waals surface area (Å²) in [4.78, 5) is 5.65. The summed E-state index contributed by atoms with van der Waals surface area (Å²) in [5.41, 5.74) is 4.51. The summed E-state index contributed by atoms with van der Waals surface area (Å²) in [6.07, 6.45) is 9.59. The average Bonchev–Trinajstić information content (AvgIpc) is 3.10. The molecule has 2 N–H and O–H groups in total. The molecule has 0 unspecified atom stereocenters. The van der Waals surface area contributed by atoms with Crippen molar-refractivity contribution >= 4 is 32.5 Å². The lowest BCUT2D eigenvalue weighted by atomic mass is 9.70. The number of hydrogen-bond acceptors (Lipinski definition) is 4. The molecule has 2 heterocycles. The van der Waals surface area contributed by atoms with Gasteiger partial charge in [0.2, 0.25) is 10.0 Å². The van der Waals surface area contributed by atoms with Crippen LogP contribution in [-0.2, 0) is 10.0 Å². The second-order valence-electron chi connectivity index (χ2n) is 6.62. The molecule has 1 spiro atoms. The molecule has 0 aromatic carbocycles. The van der Waals surface area contributed by atoms with Crippen LogP contribution >= 0.6 is 11.3 Å². The normalized spacial score (nSPS) is 19.1. The van der Waals surface area contributed by atoms with Gasteiger partial charge in [0.05, 0.1) is 5.69 Å². The highest BCUT2D eigenvalue weighted by Gasteiger charge is 2.39. The standard InChI is InChI=1S/C18H18N2O2S2/c1-12-7-17(23-11-12)15-9-18(5-2-6-18)8-14(15)16-4-3-13(10-20-16)24(19,21)22/h3-4,7-11H,2,5-6H2,1H3,(H2,19,21,22). The summed E-state index contributed by atoms with van der Waals surface area (Å²) in [5.74, 6) is 0. The zero-order valence-corrected chi connectivity index (χ0v) is 15.0. The molecular weight excluding hydrogens is 340 g/mol. The molecule has 0 aliphatic heterocycles. The molecule has 0 atom stereocenters. The highest BCUT2D eigenvalue weighted by atomic mass is 32.2. The Morgan fingerprint density at radius 2 is 1.96 bits per heavy atom. The van der Waals surface area contributed by atoms with Crippen molar-refractivity contribution in [2.24, 2.45) is 10.6 Å². The first kappa shape index (κ1) is 15.7. The lowest BCUT2D eigenvalue weighted by Crippen LogP contribution is -2.22. The van der Waals surface area contributed by atoms with Crippen molar-refractivity contribution in [1.82, 2.24) is 4.98 Å². The first-order valence-corrected chi connectivity index (χ1v) is 10.3. The molecule has 2 aliphatic rings. The Hall–Kier alpha value is -1.76. The van der Waals surface area contributed by atoms with Crippen LogP contribution in [0.2, 0.25) is 0 Å². The van der Waals surface area contributed by atoms with Gasteiger partial charge in [0.15, 0.2) is 0 Å². The van der Waals surface area contributed by atoms with E-state index in [0.29, 0.717) is 0 Å². The number of hydrogen-bond donors (Lipinski definition) is 1. The lowest BCUT2D eigenvalue weighted by molar-refractivity contribution is 0.282. The maximum absolute atomic E-state index is 11.4. The number of pyridine rings is 1. The van der Waals surface area contributed by atoms with Crippen LogP contribution < -0.4 is 5.14 Å². The first-order chi connectivity index (χ1) is 11.4. The van der Waals surface area contributed by atoms with Crippen LogP contribution in [-0.4, -0.2) is 13.4 Å². The third-order valence-corrected chi connectivity index (χ3v) is 6.75. The van der Waals surface area contributed by atoms with Crippen LogP contribution in [0.4, 0.5) is 0 Å². The summed E-state index contributed by atoms with van der Waals surface area (Å²) in [5, 5.41) is 7.31. The van der Waals surface area contributed by atoms with E-state index in [2.05, 4.69) is 35.5 Å². The first-order valence-electron chi connectivity index (χ1n) is 7.87. The smallest absolute Gasteiger partial charge is 0.239 e. The van der Waals surface area contributed by atoms with E-state index in [1.54, 1.807) is 17.4 Å². The number of nitrogens with zero attached hydrogens (tertiary/aromatic N) is 1. The minimum atomic E-state index is -3.72. The van der Waals surface area contributed by atoms with E-state index in [-0.39, 0.29) is 10.3 Å². The summed E-state index contributed by atoms with van der Waals surface area (Å²) < 4.78 is 22.9. The van der Waals surface area contributed by atoms with Gasteiger partial charge in [-0.3, -0.25) is 4.98 Å². The summed E-state index contributed by atoms with van der Waals surface area (Å²) in [6.45, 7) is 2.09. The molecule has 2 aliphatic carbocycles. The average molecular weight is 358 g/mol. The van der Waals surface area contributed by atoms with Crippen LogP contribution in [0.15, 0.2) is 46.8 Å². The maximum atomic E-state index is 11.4. The topological polar surface area (TPSA) is 73.1 Å². The zero-order chi connectivity index (χ0) is 16.9. The number of sulfonamides is 1. The predicted octanol–water partition coefficient (Wildman–Crippen LogP) is 3.75. The van der Waals surface area contributed by atoms with Gasteiger partial charge in [0.1, 0.15) is 4.90 Å². The fourth-order valence-corrected chi connectivity index (χ4v) is 4.73. The number of rotatable bonds is 3. The lowest BCUT2D eigenvalue weighted by Gasteiger charge is -2.34. The van der Waals surface area contributed by atoms with Crippen LogP contribution in [0.1, 0.15) is 35.4 Å². The Kier molecular flexibility index (Phi) is 3.53. The maximum Gasteiger partial charge on any atom is 0.239 e. The van der Waals surface area contributed by atoms with Gasteiger partial charge in [0.25, 0.3) is 0 Å². The highest BCUT2D eigenvalue weighted by molar-refractivity contribution is 7.89. The van der Waals surface area contributed by atoms with Crippen LogP contribution in [0.25, 0.3) is 11.1 Å². The quantitative estimate of drug-likeness (QED) is 0.908. The fraction of sp³-hybridized carbons (Fsp3) is 0.278. The minimum absolute atomic E-state index is 0.0423. The van der Waals surface area contributed by atoms with Crippen LogP contribution in [0.3, 0.4) is 0 Å². The molecule has 4 rings (SSSR count). The van der Waals surface area contributed by atoms with E-state index >= 15 is 0 Å². The van der Waals surface area contributed by atoms with Crippen molar-refractivity contribution in [3.8, 4) is 0 Å². The van der Waals surface area contributed by atoms with E-state index in [1.807, 2.05) is 0 Å². The molecular formula is C18H18N2O2S2. The largest absolute Gasteiger partial charge is 0.255 e. The van der Waals surface area contributed by atoms with E-state index in [4.69, 9.17) is 5.14 Å². The van der Waals surface area contributed by atoms with Gasteiger partial charge in [-0.25, -0.2) is 13.6 Å². The molecule has 1 saturated carbocycles. The third kappa shape index (κ3) is 2.64. The van der Waals surface area contributed by atoms with Crippen LogP contribution in [0.5, 0.6) is 0 Å². The van der Waals surface area contributed by atoms with E-state index < -0.39 is 10.0 Å². The second kappa shape index (κ2) is 5.37. The summed E-state index contributed by atoms with van der Waals surface area (Å²) in [6, 6.07) is 5.47. The number of aromatic nitrogens is 1. The van der Waals surface area contributed by atoms with Gasteiger partial charge in [-0.2, -0.15) is 0 Å². The van der Waals surface area contributed by atoms with Crippen molar-refractivity contribution in [3.63, 3.8) is 0 Å². The SMILES string of the molecule is Cc1csc(C2=CC3(C=C2c2ccc(S(N)(=O)=O)cn2)CCC3)c1. The molecule has 0 bridgehead atoms. The van der Waals surface area contributed by atoms with Gasteiger partial charge < -0.3 is 0 Å². The molecule has 2 aromatic rings. The highest BCUT2D eigenvalue weighted by Crippen LogP contribution is 2.54. The zero-order valence-electron chi connectivity index (χ0n) is 13.3. The Bertz CT molecular complexity index is 963. The molecule has 6 heteroatoms. The van der Waals surface area contributed by atoms with Gasteiger partial charge in [-0.15, -0.1) is 11.3 Å². The summed E-state index contributed by atoms with van der Waals surface area (Å²) >= 11 is 1.74. The van der Waals surface area contributed by atoms with E-state index in [9.17, 15) is 8.42 Å². The predicted molar refractivity (Wildman–Crippen MR) is 96.9 cm³/mol. The second-order valence-corrected chi connectivity index (χ2v) is 9.09. The monoisotopic (exact) mass is 358 g/mol. The van der Waals surface area contributed by atoms with Crippen molar-refractivity contribution < 1.29 is 8.42 Å². The van der Waals surface area contributed by atoms with E-state index in [1.165, 1.54) is 47.5 Å². The Morgan fingerprint density at radius 3 is 2.46 bits per heavy atom. The third-order valence-electron chi connectivity index (χ3n) is 4.78. The van der Waals surface area contributed by atoms with Crippen LogP contribution in [0, 0.1) is 12.3 Å². The number of primary sulfonamides is 1. The van der Waals surface area contributed by atoms with Crippen molar-refractivity contribution in [3.05, 3.63) is 58.1 Å². The molecule has 124 valence electrons. The van der Waals surface area contributed by atoms with Crippen molar-refractivity contribution in [2.45, 2.75) is 31.1 Å². The molecule has 0 amide bonds. The molecule has 4 nitrogen and oxygen atoms in total. The Morgan fingerprint density at radius 1 is 1.21 bits per heavy atom. The molecule has 1 fully saturated rings. The Labute approximate surface area is 145 Å². The number of thiophene rings is 1. The molecule has 0 saturated heterocycles.